The molecule has 0 aromatic heterocycles. The van der Waals surface area contributed by atoms with Crippen molar-refractivity contribution >= 4 is 5.97 Å². The third-order valence-corrected chi connectivity index (χ3v) is 1.91. The Balaban J connectivity index is 4.52. The van der Waals surface area contributed by atoms with E-state index in [4.69, 9.17) is 11.2 Å². The number of hydrogen-bond acceptors (Lipinski definition) is 2. The monoisotopic (exact) mass is 182 g/mol. The SMILES string of the molecule is C#CC(CC)(CC(C)C)OC(C)=O. The summed E-state index contributed by atoms with van der Waals surface area (Å²) in [6, 6.07) is 0. The van der Waals surface area contributed by atoms with E-state index < -0.39 is 5.60 Å². The first-order valence-electron chi connectivity index (χ1n) is 4.63. The van der Waals surface area contributed by atoms with E-state index in [0.717, 1.165) is 6.42 Å². The van der Waals surface area contributed by atoms with E-state index in [9.17, 15) is 4.79 Å². The molecule has 1 atom stereocenters. The van der Waals surface area contributed by atoms with Crippen molar-refractivity contribution in [1.29, 1.82) is 0 Å². The molecule has 0 amide bonds. The van der Waals surface area contributed by atoms with Crippen LogP contribution in [-0.2, 0) is 9.53 Å². The van der Waals surface area contributed by atoms with Gasteiger partial charge >= 0.3 is 5.97 Å². The van der Waals surface area contributed by atoms with E-state index in [0.29, 0.717) is 12.3 Å². The van der Waals surface area contributed by atoms with Gasteiger partial charge in [0.1, 0.15) is 0 Å². The Morgan fingerprint density at radius 1 is 1.62 bits per heavy atom. The summed E-state index contributed by atoms with van der Waals surface area (Å²) in [5.74, 6) is 2.71. The van der Waals surface area contributed by atoms with Crippen LogP contribution in [0.25, 0.3) is 0 Å². The highest BCUT2D eigenvalue weighted by Crippen LogP contribution is 2.24. The molecule has 0 aromatic rings. The Labute approximate surface area is 80.7 Å². The van der Waals surface area contributed by atoms with E-state index in [2.05, 4.69) is 19.8 Å². The lowest BCUT2D eigenvalue weighted by atomic mass is 9.90. The van der Waals surface area contributed by atoms with Crippen LogP contribution < -0.4 is 0 Å². The summed E-state index contributed by atoms with van der Waals surface area (Å²) in [4.78, 5) is 10.8. The van der Waals surface area contributed by atoms with Crippen molar-refractivity contribution in [3.05, 3.63) is 0 Å². The summed E-state index contributed by atoms with van der Waals surface area (Å²) in [7, 11) is 0. The van der Waals surface area contributed by atoms with Gasteiger partial charge in [-0.2, -0.15) is 0 Å². The van der Waals surface area contributed by atoms with Gasteiger partial charge < -0.3 is 4.74 Å². The lowest BCUT2D eigenvalue weighted by molar-refractivity contribution is -0.153. The molecule has 0 bridgehead atoms. The number of hydrogen-bond donors (Lipinski definition) is 0. The molecule has 74 valence electrons. The van der Waals surface area contributed by atoms with Gasteiger partial charge in [0, 0.05) is 13.3 Å². The van der Waals surface area contributed by atoms with Crippen LogP contribution >= 0.6 is 0 Å². The molecule has 0 aliphatic heterocycles. The molecular weight excluding hydrogens is 164 g/mol. The molecule has 0 saturated carbocycles. The average Bonchev–Trinajstić information content (AvgIpc) is 2.01. The molecule has 0 heterocycles. The van der Waals surface area contributed by atoms with Gasteiger partial charge in [-0.1, -0.05) is 26.7 Å². The van der Waals surface area contributed by atoms with Crippen molar-refractivity contribution in [2.75, 3.05) is 0 Å². The van der Waals surface area contributed by atoms with Crippen LogP contribution in [0, 0.1) is 18.3 Å². The van der Waals surface area contributed by atoms with Crippen molar-refractivity contribution in [3.63, 3.8) is 0 Å². The zero-order valence-electron chi connectivity index (χ0n) is 8.89. The van der Waals surface area contributed by atoms with Gasteiger partial charge in [-0.15, -0.1) is 6.42 Å². The fraction of sp³-hybridized carbons (Fsp3) is 0.727. The van der Waals surface area contributed by atoms with Crippen molar-refractivity contribution < 1.29 is 9.53 Å². The fourth-order valence-corrected chi connectivity index (χ4v) is 1.38. The summed E-state index contributed by atoms with van der Waals surface area (Å²) in [5, 5.41) is 0. The van der Waals surface area contributed by atoms with Crippen LogP contribution in [0.4, 0.5) is 0 Å². The standard InChI is InChI=1S/C11H18O2/c1-6-11(7-2,8-9(3)4)13-10(5)12/h1,9H,7-8H2,2-5H3. The van der Waals surface area contributed by atoms with Gasteiger partial charge in [-0.25, -0.2) is 0 Å². The molecule has 2 heteroatoms. The first-order valence-corrected chi connectivity index (χ1v) is 4.63. The number of ether oxygens (including phenoxy) is 1. The fourth-order valence-electron chi connectivity index (χ4n) is 1.38. The zero-order chi connectivity index (χ0) is 10.5. The largest absolute Gasteiger partial charge is 0.446 e. The molecule has 2 nitrogen and oxygen atoms in total. The first-order chi connectivity index (χ1) is 5.95. The van der Waals surface area contributed by atoms with E-state index in [1.165, 1.54) is 6.92 Å². The average molecular weight is 182 g/mol. The number of esters is 1. The lowest BCUT2D eigenvalue weighted by Crippen LogP contribution is -2.33. The van der Waals surface area contributed by atoms with Crippen LogP contribution in [0.2, 0.25) is 0 Å². The number of rotatable bonds is 4. The Morgan fingerprint density at radius 2 is 2.15 bits per heavy atom. The quantitative estimate of drug-likeness (QED) is 0.493. The Hall–Kier alpha value is -0.970. The zero-order valence-corrected chi connectivity index (χ0v) is 8.89. The van der Waals surface area contributed by atoms with Crippen LogP contribution in [0.3, 0.4) is 0 Å². The van der Waals surface area contributed by atoms with Gasteiger partial charge in [-0.05, 0) is 12.3 Å². The third kappa shape index (κ3) is 3.98. The van der Waals surface area contributed by atoms with Gasteiger partial charge in [0.25, 0.3) is 0 Å². The smallest absolute Gasteiger partial charge is 0.304 e. The summed E-state index contributed by atoms with van der Waals surface area (Å²) in [6.07, 6.45) is 6.78. The molecule has 0 rings (SSSR count). The van der Waals surface area contributed by atoms with Gasteiger partial charge in [0.15, 0.2) is 5.60 Å². The van der Waals surface area contributed by atoms with Gasteiger partial charge in [0.2, 0.25) is 0 Å². The minimum atomic E-state index is -0.694. The van der Waals surface area contributed by atoms with Crippen LogP contribution in [0.1, 0.15) is 40.5 Å². The van der Waals surface area contributed by atoms with Gasteiger partial charge in [0.05, 0.1) is 0 Å². The highest BCUT2D eigenvalue weighted by atomic mass is 16.6. The second-order valence-corrected chi connectivity index (χ2v) is 3.68. The van der Waals surface area contributed by atoms with Crippen molar-refractivity contribution in [2.24, 2.45) is 5.92 Å². The third-order valence-electron chi connectivity index (χ3n) is 1.91. The molecule has 0 aliphatic carbocycles. The van der Waals surface area contributed by atoms with Crippen molar-refractivity contribution in [2.45, 2.75) is 46.1 Å². The second kappa shape index (κ2) is 4.91. The van der Waals surface area contributed by atoms with Crippen LogP contribution in [0.5, 0.6) is 0 Å². The first kappa shape index (κ1) is 12.0. The van der Waals surface area contributed by atoms with E-state index in [1.54, 1.807) is 0 Å². The van der Waals surface area contributed by atoms with Crippen LogP contribution in [-0.4, -0.2) is 11.6 Å². The minimum absolute atomic E-state index is 0.305. The minimum Gasteiger partial charge on any atom is -0.446 e. The highest BCUT2D eigenvalue weighted by Gasteiger charge is 2.29. The number of terminal acetylenes is 1. The summed E-state index contributed by atoms with van der Waals surface area (Å²) < 4.78 is 5.17. The summed E-state index contributed by atoms with van der Waals surface area (Å²) in [5.41, 5.74) is -0.694. The van der Waals surface area contributed by atoms with E-state index in [-0.39, 0.29) is 5.97 Å². The van der Waals surface area contributed by atoms with Gasteiger partial charge in [-0.3, -0.25) is 4.79 Å². The highest BCUT2D eigenvalue weighted by molar-refractivity contribution is 5.67. The van der Waals surface area contributed by atoms with E-state index >= 15 is 0 Å². The second-order valence-electron chi connectivity index (χ2n) is 3.68. The molecule has 0 saturated heterocycles. The Morgan fingerprint density at radius 3 is 2.38 bits per heavy atom. The van der Waals surface area contributed by atoms with Crippen molar-refractivity contribution in [3.8, 4) is 12.3 Å². The molecule has 0 aliphatic rings. The molecule has 0 fully saturated rings. The molecular formula is C11H18O2. The Bertz CT molecular complexity index is 213. The summed E-state index contributed by atoms with van der Waals surface area (Å²) in [6.45, 7) is 7.45. The molecule has 13 heavy (non-hydrogen) atoms. The maximum Gasteiger partial charge on any atom is 0.304 e. The molecule has 1 unspecified atom stereocenters. The maximum atomic E-state index is 10.8. The number of carbonyl (C=O) groups excluding carboxylic acids is 1. The predicted molar refractivity (Wildman–Crippen MR) is 53.1 cm³/mol. The van der Waals surface area contributed by atoms with E-state index in [1.807, 2.05) is 6.92 Å². The predicted octanol–water partition coefficient (Wildman–Crippen LogP) is 2.38. The molecule has 0 spiro atoms. The normalized spacial score (nSPS) is 14.8. The van der Waals surface area contributed by atoms with Crippen molar-refractivity contribution in [1.82, 2.24) is 0 Å². The Kier molecular flexibility index (Phi) is 4.55. The summed E-state index contributed by atoms with van der Waals surface area (Å²) >= 11 is 0. The van der Waals surface area contributed by atoms with Crippen LogP contribution in [0.15, 0.2) is 0 Å². The topological polar surface area (TPSA) is 26.3 Å². The molecule has 0 N–H and O–H groups in total. The molecule has 0 radical (unpaired) electrons. The number of carbonyl (C=O) groups is 1. The maximum absolute atomic E-state index is 10.8. The lowest BCUT2D eigenvalue weighted by Gasteiger charge is -2.28. The molecule has 0 aromatic carbocycles.